The molecule has 0 bridgehead atoms. The first-order chi connectivity index (χ1) is 8.60. The molecule has 1 fully saturated rings. The molecule has 0 aliphatic carbocycles. The Hall–Kier alpha value is -1.38. The van der Waals surface area contributed by atoms with E-state index in [1.54, 1.807) is 18.2 Å². The average molecular weight is 309 g/mol. The van der Waals surface area contributed by atoms with Crippen molar-refractivity contribution in [3.8, 4) is 6.07 Å². The molecule has 1 amide bonds. The Kier molecular flexibility index (Phi) is 4.00. The van der Waals surface area contributed by atoms with Crippen LogP contribution in [0.25, 0.3) is 0 Å². The van der Waals surface area contributed by atoms with Gasteiger partial charge in [-0.25, -0.2) is 0 Å². The van der Waals surface area contributed by atoms with Crippen molar-refractivity contribution in [2.45, 2.75) is 32.0 Å². The van der Waals surface area contributed by atoms with E-state index < -0.39 is 6.10 Å². The minimum absolute atomic E-state index is 0.124. The molecule has 1 saturated heterocycles. The maximum absolute atomic E-state index is 12.0. The summed E-state index contributed by atoms with van der Waals surface area (Å²) < 4.78 is 6.31. The van der Waals surface area contributed by atoms with Crippen molar-refractivity contribution in [1.82, 2.24) is 0 Å². The van der Waals surface area contributed by atoms with E-state index in [4.69, 9.17) is 10.00 Å². The fraction of sp³-hybridized carbons (Fsp3) is 0.385. The number of benzene rings is 1. The van der Waals surface area contributed by atoms with E-state index in [0.717, 1.165) is 17.3 Å². The van der Waals surface area contributed by atoms with Crippen LogP contribution in [0, 0.1) is 11.3 Å². The van der Waals surface area contributed by atoms with Gasteiger partial charge in [-0.05, 0) is 38.0 Å². The number of halogens is 1. The smallest absolute Gasteiger partial charge is 0.253 e. The van der Waals surface area contributed by atoms with E-state index in [-0.39, 0.29) is 12.0 Å². The van der Waals surface area contributed by atoms with Gasteiger partial charge >= 0.3 is 0 Å². The van der Waals surface area contributed by atoms with Crippen LogP contribution in [-0.4, -0.2) is 18.1 Å². The van der Waals surface area contributed by atoms with Crippen LogP contribution in [-0.2, 0) is 9.53 Å². The van der Waals surface area contributed by atoms with Crippen LogP contribution < -0.4 is 5.32 Å². The van der Waals surface area contributed by atoms with Crippen molar-refractivity contribution < 1.29 is 9.53 Å². The molecule has 1 aromatic rings. The van der Waals surface area contributed by atoms with Crippen molar-refractivity contribution in [2.24, 2.45) is 0 Å². The lowest BCUT2D eigenvalue weighted by molar-refractivity contribution is -0.126. The highest BCUT2D eigenvalue weighted by atomic mass is 79.9. The second-order valence-electron chi connectivity index (χ2n) is 4.30. The summed E-state index contributed by atoms with van der Waals surface area (Å²) in [4.78, 5) is 12.0. The van der Waals surface area contributed by atoms with Crippen LogP contribution in [0.5, 0.6) is 0 Å². The minimum Gasteiger partial charge on any atom is -0.365 e. The van der Waals surface area contributed by atoms with Crippen molar-refractivity contribution in [1.29, 1.82) is 5.26 Å². The summed E-state index contributed by atoms with van der Waals surface area (Å²) in [5.41, 5.74) is 0.956. The van der Waals surface area contributed by atoms with Crippen molar-refractivity contribution in [3.63, 3.8) is 0 Å². The Morgan fingerprint density at radius 2 is 2.33 bits per heavy atom. The lowest BCUT2D eigenvalue weighted by Gasteiger charge is -2.12. The first-order valence-corrected chi connectivity index (χ1v) is 6.55. The molecule has 5 heteroatoms. The molecule has 94 valence electrons. The summed E-state index contributed by atoms with van der Waals surface area (Å²) in [6.45, 7) is 1.95. The molecule has 1 aromatic carbocycles. The van der Waals surface area contributed by atoms with Gasteiger partial charge in [0.25, 0.3) is 5.91 Å². The highest BCUT2D eigenvalue weighted by Gasteiger charge is 2.28. The van der Waals surface area contributed by atoms with Gasteiger partial charge < -0.3 is 10.1 Å². The average Bonchev–Trinajstić information content (AvgIpc) is 2.76. The first kappa shape index (κ1) is 13.1. The van der Waals surface area contributed by atoms with E-state index in [9.17, 15) is 4.79 Å². The third-order valence-corrected chi connectivity index (χ3v) is 3.38. The number of hydrogen-bond acceptors (Lipinski definition) is 3. The highest BCUT2D eigenvalue weighted by Crippen LogP contribution is 2.24. The van der Waals surface area contributed by atoms with Gasteiger partial charge in [0.15, 0.2) is 0 Å². The van der Waals surface area contributed by atoms with E-state index in [1.807, 2.05) is 6.92 Å². The quantitative estimate of drug-likeness (QED) is 0.914. The fourth-order valence-electron chi connectivity index (χ4n) is 1.93. The molecule has 2 unspecified atom stereocenters. The molecule has 1 heterocycles. The number of amides is 1. The molecule has 4 nitrogen and oxygen atoms in total. The van der Waals surface area contributed by atoms with Crippen molar-refractivity contribution in [3.05, 3.63) is 28.2 Å². The predicted octanol–water partition coefficient (Wildman–Crippen LogP) is 2.83. The monoisotopic (exact) mass is 308 g/mol. The number of carbonyl (C=O) groups is 1. The van der Waals surface area contributed by atoms with Gasteiger partial charge in [0.1, 0.15) is 12.2 Å². The van der Waals surface area contributed by atoms with Gasteiger partial charge in [0.2, 0.25) is 0 Å². The van der Waals surface area contributed by atoms with Crippen molar-refractivity contribution in [2.75, 3.05) is 5.32 Å². The fourth-order valence-corrected chi connectivity index (χ4v) is 2.29. The minimum atomic E-state index is -0.412. The number of nitrogens with one attached hydrogen (secondary N) is 1. The third kappa shape index (κ3) is 2.89. The molecule has 0 aromatic heterocycles. The zero-order valence-corrected chi connectivity index (χ0v) is 11.5. The second-order valence-corrected chi connectivity index (χ2v) is 5.22. The Bertz CT molecular complexity index is 510. The summed E-state index contributed by atoms with van der Waals surface area (Å²) in [5, 5.41) is 11.7. The molecular weight excluding hydrogens is 296 g/mol. The Labute approximate surface area is 114 Å². The van der Waals surface area contributed by atoms with Gasteiger partial charge in [0, 0.05) is 4.47 Å². The van der Waals surface area contributed by atoms with Crippen LogP contribution in [0.15, 0.2) is 22.7 Å². The van der Waals surface area contributed by atoms with E-state index in [2.05, 4.69) is 27.3 Å². The van der Waals surface area contributed by atoms with E-state index in [1.165, 1.54) is 0 Å². The van der Waals surface area contributed by atoms with E-state index in [0.29, 0.717) is 11.3 Å². The standard InChI is InChI=1S/C13H13BrN2O2/c1-8-2-5-12(18-8)13(17)16-11-6-10(14)4-3-9(11)7-15/h3-4,6,8,12H,2,5H2,1H3,(H,16,17). The highest BCUT2D eigenvalue weighted by molar-refractivity contribution is 9.10. The summed E-state index contributed by atoms with van der Waals surface area (Å²) in [6.07, 6.45) is 1.33. The van der Waals surface area contributed by atoms with Crippen molar-refractivity contribution >= 4 is 27.5 Å². The van der Waals surface area contributed by atoms with Gasteiger partial charge in [-0.2, -0.15) is 5.26 Å². The number of rotatable bonds is 2. The first-order valence-electron chi connectivity index (χ1n) is 5.76. The second kappa shape index (κ2) is 5.51. The number of ether oxygens (including phenoxy) is 1. The molecule has 0 radical (unpaired) electrons. The Morgan fingerprint density at radius 3 is 2.94 bits per heavy atom. The molecule has 2 rings (SSSR count). The van der Waals surface area contributed by atoms with Crippen LogP contribution in [0.3, 0.4) is 0 Å². The molecule has 2 atom stereocenters. The lowest BCUT2D eigenvalue weighted by Crippen LogP contribution is -2.28. The lowest BCUT2D eigenvalue weighted by atomic mass is 10.1. The molecule has 1 N–H and O–H groups in total. The van der Waals surface area contributed by atoms with Crippen LogP contribution in [0.2, 0.25) is 0 Å². The molecule has 18 heavy (non-hydrogen) atoms. The number of nitrogens with zero attached hydrogens (tertiary/aromatic N) is 1. The topological polar surface area (TPSA) is 62.1 Å². The predicted molar refractivity (Wildman–Crippen MR) is 71.1 cm³/mol. The van der Waals surface area contributed by atoms with Crippen LogP contribution in [0.1, 0.15) is 25.3 Å². The number of anilines is 1. The number of hydrogen-bond donors (Lipinski definition) is 1. The van der Waals surface area contributed by atoms with Gasteiger partial charge in [0.05, 0.1) is 17.4 Å². The SMILES string of the molecule is CC1CCC(C(=O)Nc2cc(Br)ccc2C#N)O1. The van der Waals surface area contributed by atoms with Gasteiger partial charge in [-0.1, -0.05) is 15.9 Å². The Balaban J connectivity index is 2.12. The number of nitriles is 1. The molecular formula is C13H13BrN2O2. The maximum atomic E-state index is 12.0. The van der Waals surface area contributed by atoms with Gasteiger partial charge in [-0.15, -0.1) is 0 Å². The molecule has 0 saturated carbocycles. The van der Waals surface area contributed by atoms with Crippen LogP contribution >= 0.6 is 15.9 Å². The molecule has 1 aliphatic heterocycles. The summed E-state index contributed by atoms with van der Waals surface area (Å²) in [7, 11) is 0. The summed E-state index contributed by atoms with van der Waals surface area (Å²) in [6, 6.07) is 7.20. The summed E-state index contributed by atoms with van der Waals surface area (Å²) in [5.74, 6) is -0.186. The summed E-state index contributed by atoms with van der Waals surface area (Å²) >= 11 is 3.32. The normalized spacial score (nSPS) is 22.5. The molecule has 1 aliphatic rings. The Morgan fingerprint density at radius 1 is 1.56 bits per heavy atom. The zero-order chi connectivity index (χ0) is 13.1. The zero-order valence-electron chi connectivity index (χ0n) is 9.94. The van der Waals surface area contributed by atoms with Gasteiger partial charge in [-0.3, -0.25) is 4.79 Å². The largest absolute Gasteiger partial charge is 0.365 e. The van der Waals surface area contributed by atoms with Crippen LogP contribution in [0.4, 0.5) is 5.69 Å². The maximum Gasteiger partial charge on any atom is 0.253 e. The van der Waals surface area contributed by atoms with E-state index >= 15 is 0 Å². The number of carbonyl (C=O) groups excluding carboxylic acids is 1. The third-order valence-electron chi connectivity index (χ3n) is 2.88. The molecule has 0 spiro atoms.